The third kappa shape index (κ3) is 5.81. The van der Waals surface area contributed by atoms with Crippen LogP contribution in [0, 0.1) is 10.1 Å². The summed E-state index contributed by atoms with van der Waals surface area (Å²) in [5, 5.41) is 22.6. The summed E-state index contributed by atoms with van der Waals surface area (Å²) in [5.41, 5.74) is -1.06. The number of rotatable bonds is 10. The summed E-state index contributed by atoms with van der Waals surface area (Å²) < 4.78 is 33.1. The van der Waals surface area contributed by atoms with E-state index in [9.17, 15) is 33.2 Å². The number of amides is 1. The zero-order valence-electron chi connectivity index (χ0n) is 14.9. The number of nitro benzene ring substituents is 1. The van der Waals surface area contributed by atoms with Gasteiger partial charge in [0.05, 0.1) is 31.0 Å². The largest absolute Gasteiger partial charge is 0.493 e. The SMILES string of the molecule is CCS(=O)(=O)CCC(NC(=O)c1cc(OC)c(OC)cc1[N+](=O)[O-])C(=O)O. The molecule has 0 spiro atoms. The zero-order chi connectivity index (χ0) is 20.8. The molecule has 1 aromatic rings. The lowest BCUT2D eigenvalue weighted by Gasteiger charge is -2.15. The van der Waals surface area contributed by atoms with Gasteiger partial charge in [-0.15, -0.1) is 0 Å². The molecule has 0 heterocycles. The Morgan fingerprint density at radius 2 is 1.81 bits per heavy atom. The van der Waals surface area contributed by atoms with Gasteiger partial charge in [0.15, 0.2) is 11.5 Å². The molecule has 0 saturated carbocycles. The van der Waals surface area contributed by atoms with Gasteiger partial charge in [-0.05, 0) is 6.42 Å². The number of carbonyl (C=O) groups excluding carboxylic acids is 1. The molecule has 0 bridgehead atoms. The number of nitro groups is 1. The minimum absolute atomic E-state index is 0.0181. The molecular formula is C15H20N2O9S. The summed E-state index contributed by atoms with van der Waals surface area (Å²) in [4.78, 5) is 34.2. The van der Waals surface area contributed by atoms with Crippen molar-refractivity contribution in [3.63, 3.8) is 0 Å². The Bertz CT molecular complexity index is 836. The third-order valence-corrected chi connectivity index (χ3v) is 5.44. The number of hydrogen-bond donors (Lipinski definition) is 2. The number of carboxylic acid groups (broad SMARTS) is 1. The monoisotopic (exact) mass is 404 g/mol. The van der Waals surface area contributed by atoms with E-state index >= 15 is 0 Å². The Morgan fingerprint density at radius 3 is 2.26 bits per heavy atom. The number of sulfone groups is 1. The van der Waals surface area contributed by atoms with Gasteiger partial charge in [-0.1, -0.05) is 6.92 Å². The number of carboxylic acids is 1. The second-order valence-corrected chi connectivity index (χ2v) is 7.84. The van der Waals surface area contributed by atoms with Gasteiger partial charge in [0, 0.05) is 11.8 Å². The van der Waals surface area contributed by atoms with Gasteiger partial charge in [-0.25, -0.2) is 13.2 Å². The van der Waals surface area contributed by atoms with E-state index in [0.717, 1.165) is 12.1 Å². The van der Waals surface area contributed by atoms with Crippen molar-refractivity contribution < 1.29 is 37.5 Å². The Hall–Kier alpha value is -2.89. The molecule has 1 atom stereocenters. The predicted octanol–water partition coefficient (Wildman–Crippen LogP) is 0.620. The molecule has 0 aliphatic heterocycles. The maximum absolute atomic E-state index is 12.4. The smallest absolute Gasteiger partial charge is 0.326 e. The van der Waals surface area contributed by atoms with Crippen molar-refractivity contribution in [2.75, 3.05) is 25.7 Å². The van der Waals surface area contributed by atoms with Crippen LogP contribution in [0.2, 0.25) is 0 Å². The molecule has 1 unspecified atom stereocenters. The quantitative estimate of drug-likeness (QED) is 0.420. The summed E-state index contributed by atoms with van der Waals surface area (Å²) in [6, 6.07) is 0.491. The first-order chi connectivity index (χ1) is 12.6. The molecule has 0 aliphatic carbocycles. The van der Waals surface area contributed by atoms with Crippen molar-refractivity contribution in [1.82, 2.24) is 5.32 Å². The number of nitrogens with zero attached hydrogens (tertiary/aromatic N) is 1. The van der Waals surface area contributed by atoms with Crippen LogP contribution in [0.25, 0.3) is 0 Å². The van der Waals surface area contributed by atoms with Crippen molar-refractivity contribution in [2.45, 2.75) is 19.4 Å². The first-order valence-corrected chi connectivity index (χ1v) is 9.52. The second kappa shape index (κ2) is 9.16. The normalized spacial score (nSPS) is 12.1. The molecular weight excluding hydrogens is 384 g/mol. The molecule has 0 saturated heterocycles. The van der Waals surface area contributed by atoms with Crippen LogP contribution in [-0.4, -0.2) is 62.1 Å². The van der Waals surface area contributed by atoms with Crippen molar-refractivity contribution in [3.05, 3.63) is 27.8 Å². The highest BCUT2D eigenvalue weighted by Gasteiger charge is 2.28. The van der Waals surface area contributed by atoms with Crippen LogP contribution in [0.15, 0.2) is 12.1 Å². The van der Waals surface area contributed by atoms with Crippen LogP contribution in [0.3, 0.4) is 0 Å². The molecule has 1 rings (SSSR count). The summed E-state index contributed by atoms with van der Waals surface area (Å²) >= 11 is 0. The molecule has 0 aliphatic rings. The standard InChI is InChI=1S/C15H20N2O9S/c1-4-27(23,24)6-5-10(15(19)20)16-14(18)9-7-12(25-2)13(26-3)8-11(9)17(21)22/h7-8,10H,4-6H2,1-3H3,(H,16,18)(H,19,20). The van der Waals surface area contributed by atoms with Gasteiger partial charge < -0.3 is 19.9 Å². The zero-order valence-corrected chi connectivity index (χ0v) is 15.7. The first kappa shape index (κ1) is 22.2. The van der Waals surface area contributed by atoms with Crippen LogP contribution in [-0.2, 0) is 14.6 Å². The van der Waals surface area contributed by atoms with Crippen molar-refractivity contribution in [1.29, 1.82) is 0 Å². The van der Waals surface area contributed by atoms with Crippen LogP contribution in [0.5, 0.6) is 11.5 Å². The average molecular weight is 404 g/mol. The van der Waals surface area contributed by atoms with E-state index in [4.69, 9.17) is 9.47 Å². The first-order valence-electron chi connectivity index (χ1n) is 7.70. The number of methoxy groups -OCH3 is 2. The maximum Gasteiger partial charge on any atom is 0.326 e. The average Bonchev–Trinajstić information content (AvgIpc) is 2.63. The fourth-order valence-corrected chi connectivity index (χ4v) is 3.02. The summed E-state index contributed by atoms with van der Waals surface area (Å²) in [7, 11) is -0.924. The van der Waals surface area contributed by atoms with E-state index < -0.39 is 49.7 Å². The molecule has 2 N–H and O–H groups in total. The van der Waals surface area contributed by atoms with Crippen LogP contribution < -0.4 is 14.8 Å². The Labute approximate surface area is 155 Å². The number of hydrogen-bond acceptors (Lipinski definition) is 8. The van der Waals surface area contributed by atoms with Gasteiger partial charge in [0.1, 0.15) is 21.4 Å². The van der Waals surface area contributed by atoms with Gasteiger partial charge in [0.25, 0.3) is 11.6 Å². The van der Waals surface area contributed by atoms with Gasteiger partial charge in [-0.2, -0.15) is 0 Å². The fraction of sp³-hybridized carbons (Fsp3) is 0.467. The van der Waals surface area contributed by atoms with E-state index in [1.165, 1.54) is 21.1 Å². The van der Waals surface area contributed by atoms with Gasteiger partial charge in [-0.3, -0.25) is 14.9 Å². The van der Waals surface area contributed by atoms with E-state index in [-0.39, 0.29) is 23.7 Å². The fourth-order valence-electron chi connectivity index (χ4n) is 2.14. The van der Waals surface area contributed by atoms with Gasteiger partial charge >= 0.3 is 5.97 Å². The summed E-state index contributed by atoms with van der Waals surface area (Å²) in [6.07, 6.45) is -0.377. The predicted molar refractivity (Wildman–Crippen MR) is 94.0 cm³/mol. The Kier molecular flexibility index (Phi) is 7.52. The van der Waals surface area contributed by atoms with Crippen LogP contribution >= 0.6 is 0 Å². The van der Waals surface area contributed by atoms with E-state index in [0.29, 0.717) is 0 Å². The minimum atomic E-state index is -3.45. The van der Waals surface area contributed by atoms with E-state index in [2.05, 4.69) is 5.32 Å². The molecule has 1 amide bonds. The Balaban J connectivity index is 3.18. The molecule has 12 heteroatoms. The number of nitrogens with one attached hydrogen (secondary N) is 1. The molecule has 1 aromatic carbocycles. The van der Waals surface area contributed by atoms with Crippen LogP contribution in [0.4, 0.5) is 5.69 Å². The van der Waals surface area contributed by atoms with Crippen LogP contribution in [0.1, 0.15) is 23.7 Å². The molecule has 27 heavy (non-hydrogen) atoms. The van der Waals surface area contributed by atoms with E-state index in [1.54, 1.807) is 0 Å². The lowest BCUT2D eigenvalue weighted by molar-refractivity contribution is -0.385. The minimum Gasteiger partial charge on any atom is -0.493 e. The lowest BCUT2D eigenvalue weighted by Crippen LogP contribution is -2.42. The lowest BCUT2D eigenvalue weighted by atomic mass is 10.1. The van der Waals surface area contributed by atoms with E-state index in [1.807, 2.05) is 0 Å². The highest BCUT2D eigenvalue weighted by Crippen LogP contribution is 2.34. The molecule has 0 aromatic heterocycles. The summed E-state index contributed by atoms with van der Waals surface area (Å²) in [5.74, 6) is -3.08. The van der Waals surface area contributed by atoms with Gasteiger partial charge in [0.2, 0.25) is 0 Å². The van der Waals surface area contributed by atoms with Crippen molar-refractivity contribution in [3.8, 4) is 11.5 Å². The molecule has 150 valence electrons. The summed E-state index contributed by atoms with van der Waals surface area (Å²) in [6.45, 7) is 1.41. The Morgan fingerprint density at radius 1 is 1.26 bits per heavy atom. The maximum atomic E-state index is 12.4. The topological polar surface area (TPSA) is 162 Å². The third-order valence-electron chi connectivity index (χ3n) is 3.70. The molecule has 0 radical (unpaired) electrons. The second-order valence-electron chi connectivity index (χ2n) is 5.37. The number of ether oxygens (including phenoxy) is 2. The van der Waals surface area contributed by atoms with Crippen molar-refractivity contribution >= 4 is 27.4 Å². The van der Waals surface area contributed by atoms with Crippen molar-refractivity contribution in [2.24, 2.45) is 0 Å². The highest BCUT2D eigenvalue weighted by atomic mass is 32.2. The highest BCUT2D eigenvalue weighted by molar-refractivity contribution is 7.91. The molecule has 11 nitrogen and oxygen atoms in total. The number of benzene rings is 1. The number of aliphatic carboxylic acids is 1. The molecule has 0 fully saturated rings. The number of carbonyl (C=O) groups is 2.